The van der Waals surface area contributed by atoms with Gasteiger partial charge in [0, 0.05) is 6.92 Å². The van der Waals surface area contributed by atoms with E-state index in [1.54, 1.807) is 0 Å². The first-order valence-electron chi connectivity index (χ1n) is 7.93. The number of aliphatic hydroxyl groups is 2. The van der Waals surface area contributed by atoms with Crippen molar-refractivity contribution in [3.8, 4) is 0 Å². The number of esters is 1. The molecule has 1 aliphatic heterocycles. The molecule has 0 amide bonds. The normalized spacial score (nSPS) is 23.7. The quantitative estimate of drug-likeness (QED) is 0.327. The number of rotatable bonds is 3. The molecule has 1 fully saturated rings. The molecule has 1 saturated heterocycles. The van der Waals surface area contributed by atoms with Crippen LogP contribution in [0.3, 0.4) is 0 Å². The Morgan fingerprint density at radius 2 is 1.93 bits per heavy atom. The third-order valence-corrected chi connectivity index (χ3v) is 4.31. The fourth-order valence-corrected chi connectivity index (χ4v) is 2.95. The van der Waals surface area contributed by atoms with Gasteiger partial charge in [-0.3, -0.25) is 9.36 Å². The predicted molar refractivity (Wildman–Crippen MR) is 93.7 cm³/mol. The lowest BCUT2D eigenvalue weighted by Gasteiger charge is -2.17. The van der Waals surface area contributed by atoms with Crippen molar-refractivity contribution < 1.29 is 47.6 Å². The van der Waals surface area contributed by atoms with Gasteiger partial charge in [0.1, 0.15) is 31.2 Å². The molecule has 2 aromatic heterocycles. The van der Waals surface area contributed by atoms with Crippen molar-refractivity contribution in [2.75, 3.05) is 12.3 Å². The maximum Gasteiger partial charge on any atom is 0.490 e. The molecule has 30 heavy (non-hydrogen) atoms. The number of carboxylic acids is 1. The zero-order chi connectivity index (χ0) is 22.8. The number of halogens is 4. The minimum Gasteiger partial charge on any atom is -0.475 e. The van der Waals surface area contributed by atoms with E-state index in [-0.39, 0.29) is 12.4 Å². The summed E-state index contributed by atoms with van der Waals surface area (Å²) in [5.74, 6) is -3.08. The minimum absolute atomic E-state index is 0.175. The van der Waals surface area contributed by atoms with Gasteiger partial charge in [-0.2, -0.15) is 13.2 Å². The number of aliphatic hydroxyl groups excluding tert-OH is 2. The molecule has 166 valence electrons. The maximum absolute atomic E-state index is 10.9. The van der Waals surface area contributed by atoms with Crippen LogP contribution in [0.4, 0.5) is 19.0 Å². The van der Waals surface area contributed by atoms with Crippen LogP contribution in [0, 0.1) is 0 Å². The van der Waals surface area contributed by atoms with E-state index in [2.05, 4.69) is 30.9 Å². The van der Waals surface area contributed by atoms with E-state index in [1.807, 2.05) is 0 Å². The van der Waals surface area contributed by atoms with Gasteiger partial charge in [0.2, 0.25) is 0 Å². The van der Waals surface area contributed by atoms with E-state index >= 15 is 0 Å². The Bertz CT molecular complexity index is 941. The van der Waals surface area contributed by atoms with Crippen LogP contribution in [0.1, 0.15) is 13.2 Å². The zero-order valence-electron chi connectivity index (χ0n) is 14.9. The molecule has 16 heteroatoms. The number of aromatic nitrogens is 4. The van der Waals surface area contributed by atoms with Gasteiger partial charge in [-0.1, -0.05) is 0 Å². The fraction of sp³-hybridized carbons (Fsp3) is 0.500. The molecule has 0 bridgehead atoms. The van der Waals surface area contributed by atoms with Crippen molar-refractivity contribution >= 4 is 44.9 Å². The number of nitrogen functional groups attached to an aromatic ring is 1. The molecule has 0 radical (unpaired) electrons. The van der Waals surface area contributed by atoms with Crippen molar-refractivity contribution in [3.05, 3.63) is 11.1 Å². The Morgan fingerprint density at radius 1 is 1.33 bits per heavy atom. The third kappa shape index (κ3) is 5.13. The van der Waals surface area contributed by atoms with Crippen LogP contribution >= 0.6 is 15.9 Å². The summed E-state index contributed by atoms with van der Waals surface area (Å²) in [7, 11) is 0. The summed E-state index contributed by atoms with van der Waals surface area (Å²) in [5, 5.41) is 27.5. The number of aliphatic carboxylic acids is 1. The summed E-state index contributed by atoms with van der Waals surface area (Å²) >= 11 is 3.25. The molecule has 5 N–H and O–H groups in total. The molecule has 0 aromatic carbocycles. The first-order valence-corrected chi connectivity index (χ1v) is 8.72. The van der Waals surface area contributed by atoms with Gasteiger partial charge < -0.3 is 30.5 Å². The lowest BCUT2D eigenvalue weighted by atomic mass is 10.1. The summed E-state index contributed by atoms with van der Waals surface area (Å²) in [6, 6.07) is 0. The van der Waals surface area contributed by atoms with Gasteiger partial charge in [0.15, 0.2) is 27.9 Å². The molecular weight excluding hydrogens is 487 g/mol. The molecule has 0 saturated carbocycles. The van der Waals surface area contributed by atoms with E-state index in [1.165, 1.54) is 17.8 Å². The van der Waals surface area contributed by atoms with Crippen LogP contribution in [0.2, 0.25) is 0 Å². The van der Waals surface area contributed by atoms with Crippen molar-refractivity contribution in [1.82, 2.24) is 19.5 Å². The van der Waals surface area contributed by atoms with Crippen LogP contribution < -0.4 is 5.73 Å². The molecule has 2 aromatic rings. The van der Waals surface area contributed by atoms with Crippen molar-refractivity contribution in [2.24, 2.45) is 0 Å². The van der Waals surface area contributed by atoms with E-state index in [4.69, 9.17) is 25.1 Å². The summed E-state index contributed by atoms with van der Waals surface area (Å²) in [4.78, 5) is 31.9. The van der Waals surface area contributed by atoms with E-state index < -0.39 is 42.7 Å². The molecule has 0 aliphatic carbocycles. The number of alkyl halides is 3. The molecule has 0 unspecified atom stereocenters. The zero-order valence-corrected chi connectivity index (χ0v) is 16.5. The molecule has 3 rings (SSSR count). The maximum atomic E-state index is 10.9. The highest BCUT2D eigenvalue weighted by molar-refractivity contribution is 9.10. The topological polar surface area (TPSA) is 183 Å². The number of nitrogens with zero attached hydrogens (tertiary/aromatic N) is 4. The summed E-state index contributed by atoms with van der Waals surface area (Å²) in [6.45, 7) is 1.07. The molecule has 3 heterocycles. The lowest BCUT2D eigenvalue weighted by Crippen LogP contribution is -2.34. The molecule has 0 spiro atoms. The van der Waals surface area contributed by atoms with Crippen LogP contribution in [0.15, 0.2) is 11.1 Å². The number of anilines is 1. The second kappa shape index (κ2) is 9.07. The first kappa shape index (κ1) is 23.7. The predicted octanol–water partition coefficient (Wildman–Crippen LogP) is -0.0134. The van der Waals surface area contributed by atoms with Gasteiger partial charge in [0.25, 0.3) is 0 Å². The molecule has 4 atom stereocenters. The van der Waals surface area contributed by atoms with Crippen LogP contribution in [0.5, 0.6) is 0 Å². The third-order valence-electron chi connectivity index (χ3n) is 3.75. The second-order valence-electron chi connectivity index (χ2n) is 5.83. The lowest BCUT2D eigenvalue weighted by molar-refractivity contribution is -0.192. The average molecular weight is 502 g/mol. The summed E-state index contributed by atoms with van der Waals surface area (Å²) in [5.41, 5.74) is 6.43. The van der Waals surface area contributed by atoms with Gasteiger partial charge >= 0.3 is 18.1 Å². The number of hydrogen-bond acceptors (Lipinski definition) is 10. The number of carbonyl (C=O) groups is 2. The van der Waals surface area contributed by atoms with E-state index in [0.29, 0.717) is 15.9 Å². The Hall–Kier alpha value is -2.56. The number of hydrogen-bond donors (Lipinski definition) is 4. The second-order valence-corrected chi connectivity index (χ2v) is 6.54. The average Bonchev–Trinajstić information content (AvgIpc) is 3.11. The number of carboxylic acid groups (broad SMARTS) is 1. The molecule has 12 nitrogen and oxygen atoms in total. The van der Waals surface area contributed by atoms with Crippen molar-refractivity contribution in [2.45, 2.75) is 37.6 Å². The highest BCUT2D eigenvalue weighted by Crippen LogP contribution is 2.35. The van der Waals surface area contributed by atoms with Gasteiger partial charge in [-0.15, -0.1) is 0 Å². The Balaban J connectivity index is 0.000000396. The SMILES string of the molecule is CC(=O)OC[C@H]1O[C@@H](n2c(Br)nc3c(N)ncnc32)[C@H](O)[C@@H]1O.O=C(O)C(F)(F)F. The highest BCUT2D eigenvalue weighted by atomic mass is 79.9. The summed E-state index contributed by atoms with van der Waals surface area (Å²) in [6.07, 6.45) is -8.17. The Morgan fingerprint density at radius 3 is 2.47 bits per heavy atom. The van der Waals surface area contributed by atoms with Crippen LogP contribution in [-0.4, -0.2) is 77.9 Å². The van der Waals surface area contributed by atoms with Crippen LogP contribution in [0.25, 0.3) is 11.2 Å². The first-order chi connectivity index (χ1) is 13.8. The van der Waals surface area contributed by atoms with Gasteiger partial charge in [-0.25, -0.2) is 19.7 Å². The summed E-state index contributed by atoms with van der Waals surface area (Å²) < 4.78 is 44.0. The van der Waals surface area contributed by atoms with Crippen molar-refractivity contribution in [3.63, 3.8) is 0 Å². The van der Waals surface area contributed by atoms with E-state index in [9.17, 15) is 28.2 Å². The molecule has 1 aliphatic rings. The Labute approximate surface area is 173 Å². The minimum atomic E-state index is -5.08. The Kier molecular flexibility index (Phi) is 7.17. The number of ether oxygens (including phenoxy) is 2. The monoisotopic (exact) mass is 501 g/mol. The number of fused-ring (bicyclic) bond motifs is 1. The van der Waals surface area contributed by atoms with Gasteiger partial charge in [0.05, 0.1) is 0 Å². The van der Waals surface area contributed by atoms with E-state index in [0.717, 1.165) is 0 Å². The highest BCUT2D eigenvalue weighted by Gasteiger charge is 2.45. The van der Waals surface area contributed by atoms with Crippen LogP contribution in [-0.2, 0) is 19.1 Å². The van der Waals surface area contributed by atoms with Gasteiger partial charge in [-0.05, 0) is 15.9 Å². The number of nitrogens with two attached hydrogens (primary N) is 1. The molecular formula is C14H15BrF3N5O7. The fourth-order valence-electron chi connectivity index (χ4n) is 2.40. The standard InChI is InChI=1S/C12H14BrN5O5.C2HF3O2/c1-4(19)22-2-5-7(20)8(21)11(23-5)18-10-6(17-12(18)13)9(14)15-3-16-10;3-2(4,5)1(6)7/h3,5,7-8,11,20-21H,2H2,1H3,(H2,14,15,16);(H,6,7)/t5-,7-,8-,11-;/m1./s1. The largest absolute Gasteiger partial charge is 0.490 e. The number of imidazole rings is 1. The van der Waals surface area contributed by atoms with Crippen molar-refractivity contribution in [1.29, 1.82) is 0 Å². The smallest absolute Gasteiger partial charge is 0.475 e. The number of carbonyl (C=O) groups excluding carboxylic acids is 1.